The first-order chi connectivity index (χ1) is 10.0. The van der Waals surface area contributed by atoms with Gasteiger partial charge in [-0.2, -0.15) is 13.2 Å². The molecule has 0 saturated carbocycles. The average Bonchev–Trinajstić information content (AvgIpc) is 2.38. The third kappa shape index (κ3) is 2.73. The van der Waals surface area contributed by atoms with Crippen LogP contribution in [0.4, 0.5) is 17.6 Å². The molecule has 10 heteroatoms. The van der Waals surface area contributed by atoms with Gasteiger partial charge in [-0.1, -0.05) is 0 Å². The van der Waals surface area contributed by atoms with Crippen molar-refractivity contribution in [3.8, 4) is 0 Å². The van der Waals surface area contributed by atoms with Crippen LogP contribution in [0, 0.1) is 0 Å². The zero-order valence-corrected chi connectivity index (χ0v) is 11.8. The van der Waals surface area contributed by atoms with Crippen LogP contribution in [-0.2, 0) is 13.2 Å². The molecule has 2 unspecified atom stereocenters. The second-order valence-electron chi connectivity index (χ2n) is 4.63. The minimum Gasteiger partial charge on any atom is -0.323 e. The Bertz CT molecular complexity index is 791. The van der Waals surface area contributed by atoms with Crippen molar-refractivity contribution >= 4 is 17.3 Å². The number of alkyl halides is 4. The van der Waals surface area contributed by atoms with Crippen LogP contribution in [0.25, 0.3) is 5.70 Å². The van der Waals surface area contributed by atoms with Crippen molar-refractivity contribution in [1.82, 2.24) is 9.13 Å². The normalized spacial score (nSPS) is 22.3. The predicted octanol–water partition coefficient (Wildman–Crippen LogP) is 1.21. The molecule has 120 valence electrons. The summed E-state index contributed by atoms with van der Waals surface area (Å²) in [7, 11) is 0.830. The lowest BCUT2D eigenvalue weighted by molar-refractivity contribution is -0.144. The van der Waals surface area contributed by atoms with E-state index in [-0.39, 0.29) is 15.2 Å². The lowest BCUT2D eigenvalue weighted by atomic mass is 10.1. The van der Waals surface area contributed by atoms with Crippen LogP contribution in [0.2, 0.25) is 0 Å². The minimum absolute atomic E-state index is 0.216. The molecule has 5 nitrogen and oxygen atoms in total. The van der Waals surface area contributed by atoms with Gasteiger partial charge in [0.25, 0.3) is 5.56 Å². The highest BCUT2D eigenvalue weighted by Gasteiger charge is 2.35. The molecule has 0 spiro atoms. The van der Waals surface area contributed by atoms with Crippen LogP contribution in [0.1, 0.15) is 5.69 Å². The lowest BCUT2D eigenvalue weighted by Crippen LogP contribution is -2.43. The molecule has 2 rings (SSSR count). The van der Waals surface area contributed by atoms with E-state index in [1.165, 1.54) is 0 Å². The van der Waals surface area contributed by atoms with Crippen LogP contribution in [-0.4, -0.2) is 20.6 Å². The molecule has 0 bridgehead atoms. The molecule has 0 aromatic carbocycles. The number of halogens is 5. The van der Waals surface area contributed by atoms with Gasteiger partial charge in [-0.05, 0) is 12.2 Å². The van der Waals surface area contributed by atoms with Crippen molar-refractivity contribution < 1.29 is 17.6 Å². The molecule has 0 fully saturated rings. The number of rotatable bonds is 1. The Hall–Kier alpha value is -1.87. The van der Waals surface area contributed by atoms with Crippen molar-refractivity contribution in [3.63, 3.8) is 0 Å². The van der Waals surface area contributed by atoms with E-state index in [4.69, 9.17) is 17.3 Å². The van der Waals surface area contributed by atoms with Gasteiger partial charge in [-0.15, -0.1) is 11.6 Å². The Morgan fingerprint density at radius 3 is 2.41 bits per heavy atom. The van der Waals surface area contributed by atoms with E-state index in [1.807, 2.05) is 0 Å². The summed E-state index contributed by atoms with van der Waals surface area (Å²) in [6, 6.07) is -0.677. The van der Waals surface area contributed by atoms with Gasteiger partial charge < -0.3 is 5.73 Å². The van der Waals surface area contributed by atoms with E-state index in [0.29, 0.717) is 0 Å². The maximum atomic E-state index is 13.9. The zero-order chi connectivity index (χ0) is 16.8. The molecule has 0 radical (unpaired) electrons. The van der Waals surface area contributed by atoms with E-state index >= 15 is 0 Å². The van der Waals surface area contributed by atoms with Gasteiger partial charge in [0.1, 0.15) is 11.5 Å². The fourth-order valence-electron chi connectivity index (χ4n) is 1.99. The molecule has 1 aliphatic rings. The van der Waals surface area contributed by atoms with Crippen LogP contribution in [0.3, 0.4) is 0 Å². The molecule has 1 heterocycles. The summed E-state index contributed by atoms with van der Waals surface area (Å²) in [5.41, 5.74) is 0.974. The first-order valence-electron chi connectivity index (χ1n) is 5.94. The fraction of sp³-hybridized carbons (Fsp3) is 0.333. The Kier molecular flexibility index (Phi) is 4.05. The summed E-state index contributed by atoms with van der Waals surface area (Å²) in [6.45, 7) is 0. The first-order valence-corrected chi connectivity index (χ1v) is 6.37. The number of allylic oxidation sites excluding steroid dienone is 2. The van der Waals surface area contributed by atoms with Gasteiger partial charge in [0.15, 0.2) is 0 Å². The highest BCUT2D eigenvalue weighted by atomic mass is 35.5. The van der Waals surface area contributed by atoms with Crippen LogP contribution < -0.4 is 17.0 Å². The van der Waals surface area contributed by atoms with Gasteiger partial charge in [-0.25, -0.2) is 13.8 Å². The molecule has 0 aliphatic heterocycles. The number of hydrogen-bond acceptors (Lipinski definition) is 3. The molecule has 22 heavy (non-hydrogen) atoms. The second-order valence-corrected chi connectivity index (χ2v) is 5.13. The van der Waals surface area contributed by atoms with E-state index in [1.54, 1.807) is 0 Å². The smallest absolute Gasteiger partial charge is 0.323 e. The molecule has 2 N–H and O–H groups in total. The van der Waals surface area contributed by atoms with E-state index < -0.39 is 46.1 Å². The van der Waals surface area contributed by atoms with Crippen molar-refractivity contribution in [3.05, 3.63) is 50.6 Å². The Morgan fingerprint density at radius 1 is 1.27 bits per heavy atom. The standard InChI is InChI=1S/C12H10ClF4N3O2/c1-19-9(12(15,16)17)4-10(21)20(11(19)22)8-3-7(18)5(13)2-6(8)14/h2-5,7H,18H2,1H3. The second kappa shape index (κ2) is 5.40. The molecule has 1 aromatic heterocycles. The van der Waals surface area contributed by atoms with Gasteiger partial charge >= 0.3 is 11.9 Å². The molecule has 2 atom stereocenters. The fourth-order valence-corrected chi connectivity index (χ4v) is 2.17. The van der Waals surface area contributed by atoms with Crippen molar-refractivity contribution in [2.75, 3.05) is 0 Å². The zero-order valence-electron chi connectivity index (χ0n) is 11.1. The van der Waals surface area contributed by atoms with E-state index in [2.05, 4.69) is 0 Å². The minimum atomic E-state index is -4.89. The van der Waals surface area contributed by atoms with E-state index in [0.717, 1.165) is 19.2 Å². The van der Waals surface area contributed by atoms with E-state index in [9.17, 15) is 27.2 Å². The molecular formula is C12H10ClF4N3O2. The molecule has 1 aromatic rings. The largest absolute Gasteiger partial charge is 0.431 e. The third-order valence-electron chi connectivity index (χ3n) is 3.12. The summed E-state index contributed by atoms with van der Waals surface area (Å²) >= 11 is 5.71. The van der Waals surface area contributed by atoms with Gasteiger partial charge in [0.2, 0.25) is 0 Å². The maximum Gasteiger partial charge on any atom is 0.431 e. The Labute approximate surface area is 125 Å². The lowest BCUT2D eigenvalue weighted by Gasteiger charge is -2.21. The number of aromatic nitrogens is 2. The van der Waals surface area contributed by atoms with Gasteiger partial charge in [0.05, 0.1) is 11.1 Å². The summed E-state index contributed by atoms with van der Waals surface area (Å²) < 4.78 is 52.6. The van der Waals surface area contributed by atoms with Crippen LogP contribution in [0.15, 0.2) is 33.6 Å². The van der Waals surface area contributed by atoms with Crippen LogP contribution >= 0.6 is 11.6 Å². The summed E-state index contributed by atoms with van der Waals surface area (Å²) in [6.07, 6.45) is -2.99. The molecule has 0 saturated heterocycles. The predicted molar refractivity (Wildman–Crippen MR) is 72.0 cm³/mol. The van der Waals surface area contributed by atoms with Gasteiger partial charge in [-0.3, -0.25) is 9.36 Å². The number of nitrogens with zero attached hydrogens (tertiary/aromatic N) is 2. The van der Waals surface area contributed by atoms with Crippen molar-refractivity contribution in [2.45, 2.75) is 17.6 Å². The van der Waals surface area contributed by atoms with Crippen LogP contribution in [0.5, 0.6) is 0 Å². The highest BCUT2D eigenvalue weighted by molar-refractivity contribution is 6.22. The third-order valence-corrected chi connectivity index (χ3v) is 3.54. The topological polar surface area (TPSA) is 70.0 Å². The number of nitrogens with two attached hydrogens (primary N) is 1. The molecular weight excluding hydrogens is 330 g/mol. The summed E-state index contributed by atoms with van der Waals surface area (Å²) in [4.78, 5) is 23.8. The SMILES string of the molecule is Cn1c(C(F)(F)F)cc(=O)n(C2=CC(N)C(Cl)C=C2F)c1=O. The summed E-state index contributed by atoms with van der Waals surface area (Å²) in [5.74, 6) is -1.01. The quantitative estimate of drug-likeness (QED) is 0.617. The van der Waals surface area contributed by atoms with Gasteiger partial charge in [0, 0.05) is 19.2 Å². The Morgan fingerprint density at radius 2 is 1.86 bits per heavy atom. The Balaban J connectivity index is 2.73. The maximum absolute atomic E-state index is 13.9. The monoisotopic (exact) mass is 339 g/mol. The van der Waals surface area contributed by atoms with Crippen molar-refractivity contribution in [1.29, 1.82) is 0 Å². The highest BCUT2D eigenvalue weighted by Crippen LogP contribution is 2.28. The van der Waals surface area contributed by atoms with Crippen molar-refractivity contribution in [2.24, 2.45) is 12.8 Å². The molecule has 1 aliphatic carbocycles. The summed E-state index contributed by atoms with van der Waals surface area (Å²) in [5, 5.41) is -0.891. The first kappa shape index (κ1) is 16.5. The molecule has 0 amide bonds. The average molecular weight is 340 g/mol. The number of hydrogen-bond donors (Lipinski definition) is 1.